The average Bonchev–Trinajstić information content (AvgIpc) is 3.04. The van der Waals surface area contributed by atoms with E-state index >= 15 is 0 Å². The van der Waals surface area contributed by atoms with Crippen molar-refractivity contribution in [3.63, 3.8) is 0 Å². The lowest BCUT2D eigenvalue weighted by Crippen LogP contribution is -2.14. The zero-order valence-corrected chi connectivity index (χ0v) is 17.4. The van der Waals surface area contributed by atoms with Crippen molar-refractivity contribution in [2.75, 3.05) is 5.32 Å². The van der Waals surface area contributed by atoms with E-state index in [1.165, 1.54) is 21.8 Å². The van der Waals surface area contributed by atoms with Gasteiger partial charge in [-0.3, -0.25) is 14.8 Å². The molecule has 1 N–H and O–H groups in total. The molecule has 0 aliphatic heterocycles. The Labute approximate surface area is 170 Å². The molecule has 0 unspecified atom stereocenters. The van der Waals surface area contributed by atoms with Crippen molar-refractivity contribution in [1.82, 2.24) is 14.5 Å². The molecule has 0 aliphatic carbocycles. The number of para-hydroxylation sites is 1. The maximum Gasteiger partial charge on any atom is 0.224 e. The van der Waals surface area contributed by atoms with Crippen molar-refractivity contribution in [2.24, 2.45) is 0 Å². The van der Waals surface area contributed by atoms with Crippen LogP contribution in [0.5, 0.6) is 0 Å². The molecular weight excluding hydrogens is 360 g/mol. The van der Waals surface area contributed by atoms with E-state index in [4.69, 9.17) is 0 Å². The Morgan fingerprint density at radius 3 is 2.66 bits per heavy atom. The summed E-state index contributed by atoms with van der Waals surface area (Å²) in [4.78, 5) is 20.9. The van der Waals surface area contributed by atoms with Crippen LogP contribution < -0.4 is 5.32 Å². The zero-order valence-electron chi connectivity index (χ0n) is 17.4. The van der Waals surface area contributed by atoms with E-state index in [9.17, 15) is 4.79 Å². The van der Waals surface area contributed by atoms with Gasteiger partial charge in [-0.2, -0.15) is 0 Å². The Balaban J connectivity index is 1.72. The van der Waals surface area contributed by atoms with Gasteiger partial charge in [-0.15, -0.1) is 0 Å². The number of aromatic nitrogens is 3. The normalized spacial score (nSPS) is 11.5. The predicted octanol–water partition coefficient (Wildman–Crippen LogP) is 5.35. The largest absolute Gasteiger partial charge is 0.338 e. The first-order valence-corrected chi connectivity index (χ1v) is 10.0. The van der Waals surface area contributed by atoms with Crippen LogP contribution >= 0.6 is 0 Å². The Kier molecular flexibility index (Phi) is 5.05. The molecule has 4 aromatic rings. The van der Waals surface area contributed by atoms with Crippen molar-refractivity contribution in [3.05, 3.63) is 65.7 Å². The summed E-state index contributed by atoms with van der Waals surface area (Å²) in [6.45, 7) is 8.58. The van der Waals surface area contributed by atoms with Gasteiger partial charge in [0, 0.05) is 53.0 Å². The molecule has 1 amide bonds. The molecule has 0 bridgehead atoms. The number of hydrogen-bond acceptors (Lipinski definition) is 3. The maximum absolute atomic E-state index is 12.6. The second-order valence-electron chi connectivity index (χ2n) is 7.81. The first-order chi connectivity index (χ1) is 14.0. The van der Waals surface area contributed by atoms with Crippen molar-refractivity contribution in [2.45, 2.75) is 46.6 Å². The van der Waals surface area contributed by atoms with Gasteiger partial charge in [0.15, 0.2) is 0 Å². The highest BCUT2D eigenvalue weighted by Crippen LogP contribution is 2.38. The average molecular weight is 386 g/mol. The second kappa shape index (κ2) is 7.66. The number of carbonyl (C=O) groups is 1. The Bertz CT molecular complexity index is 1190. The van der Waals surface area contributed by atoms with E-state index in [1.54, 1.807) is 18.6 Å². The first-order valence-electron chi connectivity index (χ1n) is 10.0. The Hall–Kier alpha value is -3.21. The predicted molar refractivity (Wildman–Crippen MR) is 118 cm³/mol. The van der Waals surface area contributed by atoms with E-state index < -0.39 is 0 Å². The lowest BCUT2D eigenvalue weighted by molar-refractivity contribution is -0.116. The van der Waals surface area contributed by atoms with Crippen LogP contribution in [0.4, 0.5) is 5.69 Å². The quantitative estimate of drug-likeness (QED) is 0.503. The Morgan fingerprint density at radius 1 is 1.14 bits per heavy atom. The van der Waals surface area contributed by atoms with Crippen molar-refractivity contribution >= 4 is 33.4 Å². The summed E-state index contributed by atoms with van der Waals surface area (Å²) in [6.07, 6.45) is 5.95. The van der Waals surface area contributed by atoms with Crippen LogP contribution in [0.3, 0.4) is 0 Å². The molecule has 0 fully saturated rings. The molecule has 29 heavy (non-hydrogen) atoms. The zero-order chi connectivity index (χ0) is 20.5. The van der Waals surface area contributed by atoms with Crippen LogP contribution in [0.25, 0.3) is 21.8 Å². The number of hydrogen-bond donors (Lipinski definition) is 1. The topological polar surface area (TPSA) is 59.8 Å². The van der Waals surface area contributed by atoms with Gasteiger partial charge in [0.2, 0.25) is 5.91 Å². The van der Waals surface area contributed by atoms with Crippen molar-refractivity contribution < 1.29 is 4.79 Å². The van der Waals surface area contributed by atoms with Gasteiger partial charge in [0.25, 0.3) is 0 Å². The highest BCUT2D eigenvalue weighted by molar-refractivity contribution is 6.12. The van der Waals surface area contributed by atoms with Gasteiger partial charge in [0.1, 0.15) is 0 Å². The van der Waals surface area contributed by atoms with Crippen LogP contribution in [-0.2, 0) is 11.2 Å². The lowest BCUT2D eigenvalue weighted by Gasteiger charge is -2.16. The van der Waals surface area contributed by atoms with Crippen LogP contribution in [0.15, 0.2) is 48.9 Å². The molecule has 0 aliphatic rings. The number of benzene rings is 2. The van der Waals surface area contributed by atoms with Crippen LogP contribution in [0.1, 0.15) is 43.1 Å². The molecule has 2 aromatic carbocycles. The standard InChI is InChI=1S/C24H26N4O/c1-15(2)28-20-8-6-5-7-19(20)23-17(4)24(16(3)13-21(23)28)27-22(29)10-9-18-14-25-11-12-26-18/h5-8,11-15H,9-10H2,1-4H3,(H,27,29). The summed E-state index contributed by atoms with van der Waals surface area (Å²) in [6, 6.07) is 11.0. The number of fused-ring (bicyclic) bond motifs is 3. The van der Waals surface area contributed by atoms with E-state index in [-0.39, 0.29) is 5.91 Å². The minimum Gasteiger partial charge on any atom is -0.338 e. The van der Waals surface area contributed by atoms with E-state index in [1.807, 2.05) is 0 Å². The second-order valence-corrected chi connectivity index (χ2v) is 7.81. The summed E-state index contributed by atoms with van der Waals surface area (Å²) in [5, 5.41) is 5.59. The highest BCUT2D eigenvalue weighted by atomic mass is 16.1. The minimum atomic E-state index is -0.00574. The fraction of sp³-hybridized carbons (Fsp3) is 0.292. The summed E-state index contributed by atoms with van der Waals surface area (Å²) in [5.74, 6) is -0.00574. The number of amides is 1. The third kappa shape index (κ3) is 3.48. The maximum atomic E-state index is 12.6. The molecule has 0 spiro atoms. The monoisotopic (exact) mass is 386 g/mol. The molecule has 0 atom stereocenters. The van der Waals surface area contributed by atoms with E-state index in [0.717, 1.165) is 22.5 Å². The van der Waals surface area contributed by atoms with Crippen molar-refractivity contribution in [1.29, 1.82) is 0 Å². The van der Waals surface area contributed by atoms with E-state index in [0.29, 0.717) is 18.9 Å². The third-order valence-corrected chi connectivity index (χ3v) is 5.45. The number of rotatable bonds is 5. The summed E-state index contributed by atoms with van der Waals surface area (Å²) in [5.41, 5.74) is 6.37. The molecule has 2 heterocycles. The van der Waals surface area contributed by atoms with Gasteiger partial charge >= 0.3 is 0 Å². The highest BCUT2D eigenvalue weighted by Gasteiger charge is 2.18. The van der Waals surface area contributed by atoms with Gasteiger partial charge in [0.05, 0.1) is 11.2 Å². The summed E-state index contributed by atoms with van der Waals surface area (Å²) < 4.78 is 2.38. The SMILES string of the molecule is Cc1cc2c(c(C)c1NC(=O)CCc1cnccn1)c1ccccc1n2C(C)C. The number of nitrogens with one attached hydrogen (secondary N) is 1. The smallest absolute Gasteiger partial charge is 0.224 e. The van der Waals surface area contributed by atoms with Crippen molar-refractivity contribution in [3.8, 4) is 0 Å². The molecule has 5 heteroatoms. The molecular formula is C24H26N4O. The van der Waals surface area contributed by atoms with Gasteiger partial charge in [-0.1, -0.05) is 18.2 Å². The molecule has 4 rings (SSSR count). The first kappa shape index (κ1) is 19.1. The lowest BCUT2D eigenvalue weighted by atomic mass is 10.0. The molecule has 0 saturated heterocycles. The fourth-order valence-electron chi connectivity index (χ4n) is 4.17. The summed E-state index contributed by atoms with van der Waals surface area (Å²) >= 11 is 0. The molecule has 148 valence electrons. The Morgan fingerprint density at radius 2 is 1.93 bits per heavy atom. The number of carbonyl (C=O) groups excluding carboxylic acids is 1. The number of anilines is 1. The van der Waals surface area contributed by atoms with Crippen LogP contribution in [0.2, 0.25) is 0 Å². The van der Waals surface area contributed by atoms with E-state index in [2.05, 4.69) is 77.9 Å². The number of nitrogens with zero attached hydrogens (tertiary/aromatic N) is 3. The van der Waals surface area contributed by atoms with Crippen LogP contribution in [-0.4, -0.2) is 20.4 Å². The molecule has 0 saturated carbocycles. The minimum absolute atomic E-state index is 0.00574. The molecule has 5 nitrogen and oxygen atoms in total. The van der Waals surface area contributed by atoms with Gasteiger partial charge in [-0.05, 0) is 57.4 Å². The molecule has 0 radical (unpaired) electrons. The molecule has 2 aromatic heterocycles. The van der Waals surface area contributed by atoms with Gasteiger partial charge in [-0.25, -0.2) is 0 Å². The van der Waals surface area contributed by atoms with Gasteiger partial charge < -0.3 is 9.88 Å². The number of aryl methyl sites for hydroxylation is 3. The fourth-order valence-corrected chi connectivity index (χ4v) is 4.17. The summed E-state index contributed by atoms with van der Waals surface area (Å²) in [7, 11) is 0. The third-order valence-electron chi connectivity index (χ3n) is 5.45. The van der Waals surface area contributed by atoms with Crippen LogP contribution in [0, 0.1) is 13.8 Å².